The molecule has 1 aromatic carbocycles. The van der Waals surface area contributed by atoms with E-state index < -0.39 is 0 Å². The van der Waals surface area contributed by atoms with E-state index in [1.54, 1.807) is 0 Å². The van der Waals surface area contributed by atoms with E-state index in [9.17, 15) is 0 Å². The summed E-state index contributed by atoms with van der Waals surface area (Å²) in [6, 6.07) is 2.03. The molecule has 0 aliphatic heterocycles. The molecule has 112 valence electrons. The molecule has 0 fully saturated rings. The maximum absolute atomic E-state index is 6.43. The quantitative estimate of drug-likeness (QED) is 0.504. The molecule has 1 heterocycles. The summed E-state index contributed by atoms with van der Waals surface area (Å²) in [7, 11) is 0. The van der Waals surface area contributed by atoms with Crippen LogP contribution in [0.3, 0.4) is 0 Å². The maximum Gasteiger partial charge on any atom is 0.0928 e. The van der Waals surface area contributed by atoms with E-state index in [1.165, 1.54) is 36.2 Å². The van der Waals surface area contributed by atoms with Crippen molar-refractivity contribution in [3.8, 4) is 0 Å². The van der Waals surface area contributed by atoms with E-state index in [-0.39, 0.29) is 0 Å². The van der Waals surface area contributed by atoms with Gasteiger partial charge in [0, 0.05) is 27.8 Å². The van der Waals surface area contributed by atoms with Gasteiger partial charge in [0.1, 0.15) is 0 Å². The fourth-order valence-corrected chi connectivity index (χ4v) is 3.95. The van der Waals surface area contributed by atoms with Gasteiger partial charge in [-0.25, -0.2) is 0 Å². The molecule has 1 aromatic heterocycles. The minimum Gasteiger partial charge on any atom is -0.384 e. The van der Waals surface area contributed by atoms with Gasteiger partial charge in [-0.2, -0.15) is 0 Å². The predicted octanol–water partition coefficient (Wildman–Crippen LogP) is 6.00. The van der Waals surface area contributed by atoms with Crippen LogP contribution in [-0.2, 0) is 12.8 Å². The minimum absolute atomic E-state index is 0.534. The molecular formula is C16H17BrCl2N2. The molecule has 0 amide bonds. The molecule has 1 aliphatic rings. The lowest BCUT2D eigenvalue weighted by atomic mass is 10.0. The standard InChI is InChI=1S/C16H17BrCl2N2/c1-2-20-15-9-6-4-3-5-7-12(9)21-16-10(15)8-11(17)13(18)14(16)19/h8H,2-7H2,1H3,(H,20,21). The van der Waals surface area contributed by atoms with Crippen LogP contribution < -0.4 is 5.32 Å². The summed E-state index contributed by atoms with van der Waals surface area (Å²) in [4.78, 5) is 4.84. The summed E-state index contributed by atoms with van der Waals surface area (Å²) in [6.07, 6.45) is 5.78. The van der Waals surface area contributed by atoms with E-state index in [0.717, 1.165) is 34.8 Å². The molecule has 1 aliphatic carbocycles. The van der Waals surface area contributed by atoms with Crippen LogP contribution in [0, 0.1) is 0 Å². The summed E-state index contributed by atoms with van der Waals surface area (Å²) in [5.74, 6) is 0. The first-order valence-electron chi connectivity index (χ1n) is 7.36. The van der Waals surface area contributed by atoms with Crippen LogP contribution in [0.5, 0.6) is 0 Å². The van der Waals surface area contributed by atoms with Gasteiger partial charge in [0.15, 0.2) is 0 Å². The summed E-state index contributed by atoms with van der Waals surface area (Å²) >= 11 is 16.2. The highest BCUT2D eigenvalue weighted by Gasteiger charge is 2.20. The highest BCUT2D eigenvalue weighted by Crippen LogP contribution is 2.41. The van der Waals surface area contributed by atoms with Crippen molar-refractivity contribution in [2.75, 3.05) is 11.9 Å². The zero-order valence-corrected chi connectivity index (χ0v) is 15.0. The highest BCUT2D eigenvalue weighted by molar-refractivity contribution is 9.10. The number of fused-ring (bicyclic) bond motifs is 2. The van der Waals surface area contributed by atoms with Crippen molar-refractivity contribution in [2.45, 2.75) is 39.0 Å². The summed E-state index contributed by atoms with van der Waals surface area (Å²) in [5, 5.41) is 5.64. The lowest BCUT2D eigenvalue weighted by Gasteiger charge is -2.18. The zero-order valence-electron chi connectivity index (χ0n) is 11.9. The lowest BCUT2D eigenvalue weighted by Crippen LogP contribution is -2.07. The normalized spacial score (nSPS) is 14.9. The van der Waals surface area contributed by atoms with Gasteiger partial charge in [-0.15, -0.1) is 0 Å². The van der Waals surface area contributed by atoms with Crippen molar-refractivity contribution in [1.29, 1.82) is 0 Å². The SMILES string of the molecule is CCNc1c2c(nc3c(Cl)c(Cl)c(Br)cc13)CCCCC2. The number of hydrogen-bond donors (Lipinski definition) is 1. The molecule has 0 spiro atoms. The van der Waals surface area contributed by atoms with Crippen LogP contribution in [0.1, 0.15) is 37.4 Å². The van der Waals surface area contributed by atoms with Gasteiger partial charge < -0.3 is 5.32 Å². The Hall–Kier alpha value is -0.510. The van der Waals surface area contributed by atoms with Gasteiger partial charge in [0.25, 0.3) is 0 Å². The minimum atomic E-state index is 0.534. The third kappa shape index (κ3) is 2.76. The first kappa shape index (κ1) is 15.4. The number of nitrogens with one attached hydrogen (secondary N) is 1. The maximum atomic E-state index is 6.43. The molecule has 0 unspecified atom stereocenters. The fraction of sp³-hybridized carbons (Fsp3) is 0.438. The fourth-order valence-electron chi connectivity index (χ4n) is 3.02. The number of aryl methyl sites for hydroxylation is 1. The van der Waals surface area contributed by atoms with Crippen molar-refractivity contribution in [3.63, 3.8) is 0 Å². The number of anilines is 1. The Kier molecular flexibility index (Phi) is 4.63. The van der Waals surface area contributed by atoms with Crippen molar-refractivity contribution in [3.05, 3.63) is 31.8 Å². The first-order chi connectivity index (χ1) is 10.1. The Bertz CT molecular complexity index is 701. The van der Waals surface area contributed by atoms with E-state index >= 15 is 0 Å². The summed E-state index contributed by atoms with van der Waals surface area (Å²) in [6.45, 7) is 2.99. The number of pyridine rings is 1. The monoisotopic (exact) mass is 386 g/mol. The number of benzene rings is 1. The molecule has 0 bridgehead atoms. The number of halogens is 3. The third-order valence-corrected chi connectivity index (χ3v) is 5.71. The second kappa shape index (κ2) is 6.31. The largest absolute Gasteiger partial charge is 0.384 e. The van der Waals surface area contributed by atoms with Gasteiger partial charge in [-0.3, -0.25) is 4.98 Å². The van der Waals surface area contributed by atoms with E-state index in [1.807, 2.05) is 6.07 Å². The molecule has 0 atom stereocenters. The Morgan fingerprint density at radius 2 is 1.95 bits per heavy atom. The molecule has 0 saturated heterocycles. The number of aromatic nitrogens is 1. The molecular weight excluding hydrogens is 371 g/mol. The molecule has 2 aromatic rings. The predicted molar refractivity (Wildman–Crippen MR) is 94.9 cm³/mol. The topological polar surface area (TPSA) is 24.9 Å². The molecule has 21 heavy (non-hydrogen) atoms. The van der Waals surface area contributed by atoms with Gasteiger partial charge in [0.2, 0.25) is 0 Å². The van der Waals surface area contributed by atoms with Crippen molar-refractivity contribution >= 4 is 55.7 Å². The van der Waals surface area contributed by atoms with Crippen LogP contribution >= 0.6 is 39.1 Å². The first-order valence-corrected chi connectivity index (χ1v) is 8.91. The Labute approximate surface area is 143 Å². The van der Waals surface area contributed by atoms with E-state index in [4.69, 9.17) is 28.2 Å². The van der Waals surface area contributed by atoms with Crippen LogP contribution in [-0.4, -0.2) is 11.5 Å². The van der Waals surface area contributed by atoms with Gasteiger partial charge in [0.05, 0.1) is 15.6 Å². The number of hydrogen-bond acceptors (Lipinski definition) is 2. The van der Waals surface area contributed by atoms with Crippen molar-refractivity contribution in [2.24, 2.45) is 0 Å². The number of rotatable bonds is 2. The van der Waals surface area contributed by atoms with Crippen LogP contribution in [0.25, 0.3) is 10.9 Å². The van der Waals surface area contributed by atoms with E-state index in [0.29, 0.717) is 10.0 Å². The van der Waals surface area contributed by atoms with E-state index in [2.05, 4.69) is 28.2 Å². The molecule has 3 rings (SSSR count). The van der Waals surface area contributed by atoms with Crippen LogP contribution in [0.4, 0.5) is 5.69 Å². The average Bonchev–Trinajstić information content (AvgIpc) is 2.71. The Morgan fingerprint density at radius 3 is 2.71 bits per heavy atom. The zero-order chi connectivity index (χ0) is 15.0. The summed E-state index contributed by atoms with van der Waals surface area (Å²) in [5.41, 5.74) is 4.52. The van der Waals surface area contributed by atoms with Gasteiger partial charge in [-0.05, 0) is 60.2 Å². The van der Waals surface area contributed by atoms with Crippen molar-refractivity contribution < 1.29 is 0 Å². The highest BCUT2D eigenvalue weighted by atomic mass is 79.9. The molecule has 2 nitrogen and oxygen atoms in total. The number of nitrogens with zero attached hydrogens (tertiary/aromatic N) is 1. The molecule has 5 heteroatoms. The van der Waals surface area contributed by atoms with Gasteiger partial charge >= 0.3 is 0 Å². The Balaban J connectivity index is 2.36. The Morgan fingerprint density at radius 1 is 1.19 bits per heavy atom. The average molecular weight is 388 g/mol. The van der Waals surface area contributed by atoms with Crippen molar-refractivity contribution in [1.82, 2.24) is 4.98 Å². The van der Waals surface area contributed by atoms with Crippen LogP contribution in [0.2, 0.25) is 10.0 Å². The van der Waals surface area contributed by atoms with Gasteiger partial charge in [-0.1, -0.05) is 29.6 Å². The summed E-state index contributed by atoms with van der Waals surface area (Å²) < 4.78 is 0.816. The lowest BCUT2D eigenvalue weighted by molar-refractivity contribution is 0.709. The molecule has 0 saturated carbocycles. The molecule has 0 radical (unpaired) electrons. The van der Waals surface area contributed by atoms with Crippen LogP contribution in [0.15, 0.2) is 10.5 Å². The second-order valence-electron chi connectivity index (χ2n) is 5.39. The smallest absolute Gasteiger partial charge is 0.0928 e. The molecule has 1 N–H and O–H groups in total. The third-order valence-electron chi connectivity index (χ3n) is 4.00. The second-order valence-corrected chi connectivity index (χ2v) is 7.00.